The third-order valence-electron chi connectivity index (χ3n) is 2.17. The fraction of sp³-hybridized carbons (Fsp3) is 0.462. The molecule has 88 valence electrons. The number of hydrogen-bond donors (Lipinski definition) is 1. The molecule has 0 aromatic carbocycles. The van der Waals surface area contributed by atoms with E-state index in [-0.39, 0.29) is 0 Å². The van der Waals surface area contributed by atoms with Gasteiger partial charge in [0.1, 0.15) is 0 Å². The van der Waals surface area contributed by atoms with Gasteiger partial charge in [0, 0.05) is 19.3 Å². The minimum atomic E-state index is 0.736. The smallest absolute Gasteiger partial charge is 0.0591 e. The maximum Gasteiger partial charge on any atom is 0.0591 e. The van der Waals surface area contributed by atoms with Crippen LogP contribution >= 0.6 is 0 Å². The van der Waals surface area contributed by atoms with Crippen LogP contribution in [0.25, 0.3) is 0 Å². The largest absolute Gasteiger partial charge is 0.380 e. The molecule has 0 radical (unpaired) electrons. The monoisotopic (exact) mass is 220 g/mol. The molecule has 0 amide bonds. The van der Waals surface area contributed by atoms with Crippen LogP contribution in [0.1, 0.15) is 17.7 Å². The van der Waals surface area contributed by atoms with Gasteiger partial charge < -0.3 is 10.1 Å². The highest BCUT2D eigenvalue weighted by Gasteiger charge is 1.93. The molecule has 3 nitrogen and oxygen atoms in total. The van der Waals surface area contributed by atoms with Crippen LogP contribution in [0.15, 0.2) is 31.0 Å². The van der Waals surface area contributed by atoms with E-state index >= 15 is 0 Å². The van der Waals surface area contributed by atoms with Gasteiger partial charge in [-0.05, 0) is 25.0 Å². The minimum Gasteiger partial charge on any atom is -0.380 e. The summed E-state index contributed by atoms with van der Waals surface area (Å²) in [6.45, 7) is 8.82. The number of nitrogens with zero attached hydrogens (tertiary/aromatic N) is 1. The van der Waals surface area contributed by atoms with Gasteiger partial charge in [-0.25, -0.2) is 0 Å². The number of rotatable bonds is 8. The molecule has 0 bridgehead atoms. The Hall–Kier alpha value is -1.19. The van der Waals surface area contributed by atoms with Crippen LogP contribution in [-0.4, -0.2) is 24.7 Å². The van der Waals surface area contributed by atoms with E-state index in [1.807, 2.05) is 25.3 Å². The number of ether oxygens (including phenoxy) is 1. The lowest BCUT2D eigenvalue weighted by Crippen LogP contribution is -2.20. The Morgan fingerprint density at radius 3 is 3.00 bits per heavy atom. The zero-order valence-electron chi connectivity index (χ0n) is 9.91. The zero-order chi connectivity index (χ0) is 11.6. The molecule has 0 unspecified atom stereocenters. The summed E-state index contributed by atoms with van der Waals surface area (Å²) in [5.41, 5.74) is 2.26. The van der Waals surface area contributed by atoms with E-state index in [0.29, 0.717) is 0 Å². The van der Waals surface area contributed by atoms with E-state index in [4.69, 9.17) is 4.74 Å². The number of aromatic nitrogens is 1. The maximum atomic E-state index is 5.38. The van der Waals surface area contributed by atoms with Gasteiger partial charge in [0.05, 0.1) is 18.9 Å². The van der Waals surface area contributed by atoms with E-state index < -0.39 is 0 Å². The van der Waals surface area contributed by atoms with Gasteiger partial charge in [-0.1, -0.05) is 12.1 Å². The predicted molar refractivity (Wildman–Crippen MR) is 66.3 cm³/mol. The summed E-state index contributed by atoms with van der Waals surface area (Å²) in [6, 6.07) is 4.12. The summed E-state index contributed by atoms with van der Waals surface area (Å²) < 4.78 is 5.38. The normalized spacial score (nSPS) is 10.3. The van der Waals surface area contributed by atoms with Crippen molar-refractivity contribution in [1.82, 2.24) is 10.3 Å². The highest BCUT2D eigenvalue weighted by atomic mass is 16.5. The van der Waals surface area contributed by atoms with E-state index in [2.05, 4.69) is 22.9 Å². The van der Waals surface area contributed by atoms with Gasteiger partial charge in [0.25, 0.3) is 0 Å². The molecule has 0 spiro atoms. The number of pyridine rings is 1. The minimum absolute atomic E-state index is 0.736. The molecule has 0 fully saturated rings. The molecule has 1 aromatic rings. The van der Waals surface area contributed by atoms with Crippen LogP contribution in [-0.2, 0) is 11.3 Å². The van der Waals surface area contributed by atoms with Crippen molar-refractivity contribution in [3.8, 4) is 0 Å². The Bertz CT molecular complexity index is 295. The van der Waals surface area contributed by atoms with E-state index in [0.717, 1.165) is 38.4 Å². The number of nitrogens with one attached hydrogen (secondary N) is 1. The number of aryl methyl sites for hydroxylation is 1. The third kappa shape index (κ3) is 5.63. The molecule has 1 heterocycles. The average molecular weight is 220 g/mol. The maximum absolute atomic E-state index is 5.38. The van der Waals surface area contributed by atoms with Crippen molar-refractivity contribution in [2.45, 2.75) is 19.9 Å². The standard InChI is InChI=1S/C13H20N2O/c1-3-4-8-16-9-7-14-11-13-6-5-12(2)10-15-13/h3,5-6,10,14H,1,4,7-9,11H2,2H3. The molecule has 3 heteroatoms. The van der Waals surface area contributed by atoms with Gasteiger partial charge in [0.2, 0.25) is 0 Å². The molecule has 0 saturated carbocycles. The summed E-state index contributed by atoms with van der Waals surface area (Å²) >= 11 is 0. The van der Waals surface area contributed by atoms with Crippen LogP contribution in [0.2, 0.25) is 0 Å². The summed E-state index contributed by atoms with van der Waals surface area (Å²) in [5, 5.41) is 3.28. The van der Waals surface area contributed by atoms with Crippen molar-refractivity contribution < 1.29 is 4.74 Å². The van der Waals surface area contributed by atoms with Gasteiger partial charge >= 0.3 is 0 Å². The summed E-state index contributed by atoms with van der Waals surface area (Å²) in [6.07, 6.45) is 4.67. The quantitative estimate of drug-likeness (QED) is 0.538. The second kappa shape index (κ2) is 8.02. The van der Waals surface area contributed by atoms with E-state index in [1.165, 1.54) is 5.56 Å². The molecule has 1 aromatic heterocycles. The lowest BCUT2D eigenvalue weighted by Gasteiger charge is -2.05. The average Bonchev–Trinajstić information content (AvgIpc) is 2.30. The Kier molecular flexibility index (Phi) is 6.45. The Balaban J connectivity index is 2.02. The third-order valence-corrected chi connectivity index (χ3v) is 2.17. The second-order valence-corrected chi connectivity index (χ2v) is 3.69. The summed E-state index contributed by atoms with van der Waals surface area (Å²) in [5.74, 6) is 0. The predicted octanol–water partition coefficient (Wildman–Crippen LogP) is 2.07. The molecule has 0 aliphatic rings. The Labute approximate surface area is 97.5 Å². The van der Waals surface area contributed by atoms with E-state index in [1.54, 1.807) is 0 Å². The first-order valence-electron chi connectivity index (χ1n) is 5.64. The first-order valence-corrected chi connectivity index (χ1v) is 5.64. The van der Waals surface area contributed by atoms with Crippen LogP contribution in [0, 0.1) is 6.92 Å². The van der Waals surface area contributed by atoms with Crippen LogP contribution in [0.3, 0.4) is 0 Å². The molecule has 0 saturated heterocycles. The van der Waals surface area contributed by atoms with Crippen LogP contribution in [0.5, 0.6) is 0 Å². The van der Waals surface area contributed by atoms with Gasteiger partial charge in [-0.2, -0.15) is 0 Å². The zero-order valence-corrected chi connectivity index (χ0v) is 9.91. The molecule has 1 N–H and O–H groups in total. The Morgan fingerprint density at radius 1 is 1.44 bits per heavy atom. The van der Waals surface area contributed by atoms with Gasteiger partial charge in [-0.15, -0.1) is 6.58 Å². The molecule has 0 atom stereocenters. The fourth-order valence-electron chi connectivity index (χ4n) is 1.23. The van der Waals surface area contributed by atoms with Gasteiger partial charge in [0.15, 0.2) is 0 Å². The topological polar surface area (TPSA) is 34.1 Å². The van der Waals surface area contributed by atoms with Crippen molar-refractivity contribution in [1.29, 1.82) is 0 Å². The first kappa shape index (κ1) is 12.9. The number of hydrogen-bond acceptors (Lipinski definition) is 3. The summed E-state index contributed by atoms with van der Waals surface area (Å²) in [4.78, 5) is 4.31. The van der Waals surface area contributed by atoms with Crippen LogP contribution in [0.4, 0.5) is 0 Å². The first-order chi connectivity index (χ1) is 7.83. The lowest BCUT2D eigenvalue weighted by atomic mass is 10.3. The molecule has 1 rings (SSSR count). The van der Waals surface area contributed by atoms with Crippen molar-refractivity contribution in [3.05, 3.63) is 42.2 Å². The molecular weight excluding hydrogens is 200 g/mol. The van der Waals surface area contributed by atoms with Crippen molar-refractivity contribution >= 4 is 0 Å². The van der Waals surface area contributed by atoms with E-state index in [9.17, 15) is 0 Å². The molecule has 0 aliphatic carbocycles. The molecular formula is C13H20N2O. The van der Waals surface area contributed by atoms with Crippen molar-refractivity contribution in [2.75, 3.05) is 19.8 Å². The Morgan fingerprint density at radius 2 is 2.31 bits per heavy atom. The SMILES string of the molecule is C=CCCOCCNCc1ccc(C)cn1. The fourth-order valence-corrected chi connectivity index (χ4v) is 1.23. The van der Waals surface area contributed by atoms with Crippen molar-refractivity contribution in [3.63, 3.8) is 0 Å². The van der Waals surface area contributed by atoms with Gasteiger partial charge in [-0.3, -0.25) is 4.98 Å². The lowest BCUT2D eigenvalue weighted by molar-refractivity contribution is 0.140. The van der Waals surface area contributed by atoms with Crippen LogP contribution < -0.4 is 5.32 Å². The molecule has 0 aliphatic heterocycles. The molecule has 16 heavy (non-hydrogen) atoms. The summed E-state index contributed by atoms with van der Waals surface area (Å²) in [7, 11) is 0. The highest BCUT2D eigenvalue weighted by Crippen LogP contribution is 1.97. The second-order valence-electron chi connectivity index (χ2n) is 3.69. The highest BCUT2D eigenvalue weighted by molar-refractivity contribution is 5.11. The van der Waals surface area contributed by atoms with Crippen molar-refractivity contribution in [2.24, 2.45) is 0 Å².